The number of aldehydes is 2. The predicted molar refractivity (Wildman–Crippen MR) is 85.5 cm³/mol. The van der Waals surface area contributed by atoms with Gasteiger partial charge >= 0.3 is 0 Å². The van der Waals surface area contributed by atoms with E-state index in [2.05, 4.69) is 31.9 Å². The van der Waals surface area contributed by atoms with Gasteiger partial charge in [0.15, 0.2) is 35.8 Å². The molecule has 0 saturated carbocycles. The molecule has 8 heteroatoms. The summed E-state index contributed by atoms with van der Waals surface area (Å²) in [6.45, 7) is 0. The van der Waals surface area contributed by atoms with E-state index in [0.717, 1.165) is 0 Å². The van der Waals surface area contributed by atoms with Gasteiger partial charge in [-0.25, -0.2) is 13.2 Å². The molecule has 0 fully saturated rings. The summed E-state index contributed by atoms with van der Waals surface area (Å²) in [5.41, 5.74) is -0.0658. The Kier molecular flexibility index (Phi) is 7.44. The second-order valence-electron chi connectivity index (χ2n) is 3.98. The quantitative estimate of drug-likeness (QED) is 0.488. The number of hydrogen-bond acceptors (Lipinski definition) is 3. The number of rotatable bonds is 3. The molecule has 0 saturated heterocycles. The molecule has 0 unspecified atom stereocenters. The fraction of sp³-hybridized carbons (Fsp3) is 0.0667. The van der Waals surface area contributed by atoms with Crippen molar-refractivity contribution in [3.05, 3.63) is 61.8 Å². The first kappa shape index (κ1) is 19.4. The Balaban J connectivity index is 0.000000231. The third kappa shape index (κ3) is 4.65. The van der Waals surface area contributed by atoms with E-state index < -0.39 is 17.5 Å². The van der Waals surface area contributed by atoms with Gasteiger partial charge in [-0.3, -0.25) is 9.59 Å². The predicted octanol–water partition coefficient (Wildman–Crippen LogP) is 4.95. The zero-order chi connectivity index (χ0) is 17.6. The molecule has 0 heterocycles. The van der Waals surface area contributed by atoms with Crippen LogP contribution in [0.2, 0.25) is 0 Å². The highest BCUT2D eigenvalue weighted by Crippen LogP contribution is 2.27. The van der Waals surface area contributed by atoms with Gasteiger partial charge in [0.25, 0.3) is 0 Å². The van der Waals surface area contributed by atoms with Crippen molar-refractivity contribution in [1.82, 2.24) is 0 Å². The van der Waals surface area contributed by atoms with Crippen molar-refractivity contribution < 1.29 is 27.5 Å². The lowest BCUT2D eigenvalue weighted by atomic mass is 10.2. The molecule has 0 bridgehead atoms. The Labute approximate surface area is 146 Å². The van der Waals surface area contributed by atoms with Crippen LogP contribution in [0.3, 0.4) is 0 Å². The maximum Gasteiger partial charge on any atom is 0.179 e. The summed E-state index contributed by atoms with van der Waals surface area (Å²) in [6, 6.07) is 5.43. The molecule has 0 atom stereocenters. The van der Waals surface area contributed by atoms with Gasteiger partial charge in [0.2, 0.25) is 0 Å². The lowest BCUT2D eigenvalue weighted by Crippen LogP contribution is -1.94. The Morgan fingerprint density at radius 3 is 1.78 bits per heavy atom. The molecule has 2 aromatic carbocycles. The summed E-state index contributed by atoms with van der Waals surface area (Å²) in [6.07, 6.45) is 0.819. The van der Waals surface area contributed by atoms with Crippen molar-refractivity contribution in [2.75, 3.05) is 7.11 Å². The molecule has 0 aromatic heterocycles. The number of methoxy groups -OCH3 is 1. The molecule has 23 heavy (non-hydrogen) atoms. The lowest BCUT2D eigenvalue weighted by Gasteiger charge is -2.05. The summed E-state index contributed by atoms with van der Waals surface area (Å²) < 4.78 is 43.4. The summed E-state index contributed by atoms with van der Waals surface area (Å²) >= 11 is 5.76. The molecule has 0 N–H and O–H groups in total. The van der Waals surface area contributed by atoms with Crippen LogP contribution in [0.4, 0.5) is 13.2 Å². The van der Waals surface area contributed by atoms with Gasteiger partial charge in [0.05, 0.1) is 27.2 Å². The van der Waals surface area contributed by atoms with Crippen LogP contribution in [-0.2, 0) is 0 Å². The van der Waals surface area contributed by atoms with Crippen LogP contribution >= 0.6 is 31.9 Å². The SMILES string of the molecule is COc1c(C=O)ccc(Br)c1F.O=Cc1ccc(Br)c(F)c1F. The van der Waals surface area contributed by atoms with Gasteiger partial charge in [-0.05, 0) is 56.1 Å². The second-order valence-corrected chi connectivity index (χ2v) is 5.69. The van der Waals surface area contributed by atoms with E-state index >= 15 is 0 Å². The average Bonchev–Trinajstić information content (AvgIpc) is 2.56. The van der Waals surface area contributed by atoms with Crippen molar-refractivity contribution in [1.29, 1.82) is 0 Å². The molecule has 3 nitrogen and oxygen atoms in total. The monoisotopic (exact) mass is 452 g/mol. The highest BCUT2D eigenvalue weighted by Gasteiger charge is 2.11. The van der Waals surface area contributed by atoms with E-state index in [1.807, 2.05) is 0 Å². The average molecular weight is 454 g/mol. The Morgan fingerprint density at radius 1 is 0.826 bits per heavy atom. The van der Waals surface area contributed by atoms with Crippen LogP contribution in [0.25, 0.3) is 0 Å². The minimum absolute atomic E-state index is 0.0144. The molecule has 122 valence electrons. The first-order valence-electron chi connectivity index (χ1n) is 5.93. The van der Waals surface area contributed by atoms with E-state index in [1.165, 1.54) is 31.4 Å². The van der Waals surface area contributed by atoms with Gasteiger partial charge < -0.3 is 4.74 Å². The smallest absolute Gasteiger partial charge is 0.179 e. The van der Waals surface area contributed by atoms with Crippen molar-refractivity contribution in [2.45, 2.75) is 0 Å². The van der Waals surface area contributed by atoms with Crippen LogP contribution in [-0.4, -0.2) is 19.7 Å². The number of carbonyl (C=O) groups is 2. The maximum atomic E-state index is 13.1. The molecule has 0 spiro atoms. The first-order chi connectivity index (χ1) is 10.9. The van der Waals surface area contributed by atoms with Crippen LogP contribution < -0.4 is 4.74 Å². The maximum absolute atomic E-state index is 13.1. The molecule has 0 radical (unpaired) electrons. The van der Waals surface area contributed by atoms with Crippen molar-refractivity contribution >= 4 is 44.4 Å². The fourth-order valence-corrected chi connectivity index (χ4v) is 2.10. The normalized spacial score (nSPS) is 9.65. The van der Waals surface area contributed by atoms with E-state index in [1.54, 1.807) is 0 Å². The number of carbonyl (C=O) groups excluding carboxylic acids is 2. The van der Waals surface area contributed by atoms with E-state index in [-0.39, 0.29) is 32.1 Å². The van der Waals surface area contributed by atoms with Crippen molar-refractivity contribution in [3.63, 3.8) is 0 Å². The molecule has 0 amide bonds. The van der Waals surface area contributed by atoms with E-state index in [4.69, 9.17) is 4.74 Å². The zero-order valence-electron chi connectivity index (χ0n) is 11.6. The largest absolute Gasteiger partial charge is 0.493 e. The van der Waals surface area contributed by atoms with Gasteiger partial charge in [-0.15, -0.1) is 0 Å². The zero-order valence-corrected chi connectivity index (χ0v) is 14.8. The van der Waals surface area contributed by atoms with Crippen LogP contribution in [0.1, 0.15) is 20.7 Å². The molecule has 0 aliphatic carbocycles. The lowest BCUT2D eigenvalue weighted by molar-refractivity contribution is 0.111. The second kappa shape index (κ2) is 8.83. The van der Waals surface area contributed by atoms with Crippen LogP contribution in [0.15, 0.2) is 33.2 Å². The highest BCUT2D eigenvalue weighted by atomic mass is 79.9. The topological polar surface area (TPSA) is 43.4 Å². The number of halogens is 5. The highest BCUT2D eigenvalue weighted by molar-refractivity contribution is 9.10. The van der Waals surface area contributed by atoms with E-state index in [0.29, 0.717) is 6.29 Å². The molecule has 0 aliphatic heterocycles. The first-order valence-corrected chi connectivity index (χ1v) is 7.51. The number of benzene rings is 2. The minimum Gasteiger partial charge on any atom is -0.493 e. The summed E-state index contributed by atoms with van der Waals surface area (Å²) in [7, 11) is 1.32. The van der Waals surface area contributed by atoms with E-state index in [9.17, 15) is 22.8 Å². The Hall–Kier alpha value is -1.67. The Morgan fingerprint density at radius 2 is 1.30 bits per heavy atom. The van der Waals surface area contributed by atoms with Gasteiger partial charge in [0.1, 0.15) is 0 Å². The van der Waals surface area contributed by atoms with Crippen LogP contribution in [0, 0.1) is 17.5 Å². The summed E-state index contributed by atoms with van der Waals surface area (Å²) in [5, 5.41) is 0. The molecule has 2 aromatic rings. The van der Waals surface area contributed by atoms with Gasteiger partial charge in [-0.2, -0.15) is 0 Å². The van der Waals surface area contributed by atoms with Gasteiger partial charge in [0, 0.05) is 0 Å². The number of hydrogen-bond donors (Lipinski definition) is 0. The number of ether oxygens (including phenoxy) is 1. The summed E-state index contributed by atoms with van der Waals surface area (Å²) in [4.78, 5) is 20.5. The van der Waals surface area contributed by atoms with Crippen LogP contribution in [0.5, 0.6) is 5.75 Å². The molecule has 2 rings (SSSR count). The Bertz CT molecular complexity index is 736. The third-order valence-electron chi connectivity index (χ3n) is 2.60. The molecule has 0 aliphatic rings. The van der Waals surface area contributed by atoms with Crippen molar-refractivity contribution in [3.8, 4) is 5.75 Å². The molecular formula is C15H9Br2F3O3. The van der Waals surface area contributed by atoms with Gasteiger partial charge in [-0.1, -0.05) is 0 Å². The summed E-state index contributed by atoms with van der Waals surface area (Å²) in [5.74, 6) is -2.73. The minimum atomic E-state index is -1.12. The fourth-order valence-electron chi connectivity index (χ4n) is 1.48. The third-order valence-corrected chi connectivity index (χ3v) is 3.83. The van der Waals surface area contributed by atoms with Crippen molar-refractivity contribution in [2.24, 2.45) is 0 Å². The standard InChI is InChI=1S/C8H6BrFO2.C7H3BrF2O/c1-12-8-5(4-11)2-3-6(9)7(8)10;8-5-2-1-4(3-11)6(9)7(5)10/h2-4H,1H3;1-3H. The molecular weight excluding hydrogens is 445 g/mol.